The van der Waals surface area contributed by atoms with Crippen LogP contribution in [0.25, 0.3) is 0 Å². The first-order valence-electron chi connectivity index (χ1n) is 6.70. The van der Waals surface area contributed by atoms with Crippen LogP contribution in [-0.4, -0.2) is 44.0 Å². The molecule has 4 heteroatoms. The second-order valence-electron chi connectivity index (χ2n) is 5.21. The van der Waals surface area contributed by atoms with Gasteiger partial charge in [-0.25, -0.2) is 4.39 Å². The van der Waals surface area contributed by atoms with E-state index in [4.69, 9.17) is 4.74 Å². The standard InChI is InChI=1S/C15H20FNO2/c1-17(9-12-4-3-7-19-11-12)10-15(18)13-5-2-6-14(16)8-13/h2,5-6,8,12H,3-4,7,9-11H2,1H3. The number of likely N-dealkylation sites (N-methyl/N-ethyl adjacent to an activating group) is 1. The van der Waals surface area contributed by atoms with E-state index in [2.05, 4.69) is 0 Å². The number of carbonyl (C=O) groups excluding carboxylic acids is 1. The van der Waals surface area contributed by atoms with E-state index in [1.807, 2.05) is 11.9 Å². The monoisotopic (exact) mass is 265 g/mol. The SMILES string of the molecule is CN(CC(=O)c1cccc(F)c1)CC1CCCOC1. The van der Waals surface area contributed by atoms with E-state index >= 15 is 0 Å². The van der Waals surface area contributed by atoms with Gasteiger partial charge in [0.25, 0.3) is 0 Å². The third-order valence-corrected chi connectivity index (χ3v) is 3.38. The molecule has 2 rings (SSSR count). The molecule has 1 unspecified atom stereocenters. The molecule has 0 N–H and O–H groups in total. The van der Waals surface area contributed by atoms with E-state index in [0.29, 0.717) is 18.0 Å². The number of ketones is 1. The van der Waals surface area contributed by atoms with Gasteiger partial charge in [-0.2, -0.15) is 0 Å². The molecule has 0 spiro atoms. The first-order valence-corrected chi connectivity index (χ1v) is 6.70. The molecule has 1 aliphatic heterocycles. The van der Waals surface area contributed by atoms with Crippen molar-refractivity contribution in [3.05, 3.63) is 35.6 Å². The molecule has 1 heterocycles. The van der Waals surface area contributed by atoms with Crippen LogP contribution in [0.3, 0.4) is 0 Å². The Kier molecular flexibility index (Phi) is 5.05. The van der Waals surface area contributed by atoms with Crippen molar-refractivity contribution in [3.8, 4) is 0 Å². The van der Waals surface area contributed by atoms with Gasteiger partial charge in [0.2, 0.25) is 0 Å². The van der Waals surface area contributed by atoms with Gasteiger partial charge in [0, 0.05) is 18.7 Å². The maximum absolute atomic E-state index is 13.1. The van der Waals surface area contributed by atoms with Gasteiger partial charge < -0.3 is 4.74 Å². The molecule has 1 aromatic carbocycles. The average molecular weight is 265 g/mol. The topological polar surface area (TPSA) is 29.5 Å². The van der Waals surface area contributed by atoms with Gasteiger partial charge in [-0.3, -0.25) is 9.69 Å². The van der Waals surface area contributed by atoms with Gasteiger partial charge in [0.15, 0.2) is 5.78 Å². The third-order valence-electron chi connectivity index (χ3n) is 3.38. The fourth-order valence-corrected chi connectivity index (χ4v) is 2.46. The largest absolute Gasteiger partial charge is 0.381 e. The number of ether oxygens (including phenoxy) is 1. The Morgan fingerprint density at radius 3 is 3.05 bits per heavy atom. The lowest BCUT2D eigenvalue weighted by Crippen LogP contribution is -2.34. The van der Waals surface area contributed by atoms with Crippen LogP contribution in [0, 0.1) is 11.7 Å². The van der Waals surface area contributed by atoms with Gasteiger partial charge in [0.05, 0.1) is 13.2 Å². The minimum Gasteiger partial charge on any atom is -0.381 e. The second kappa shape index (κ2) is 6.78. The number of hydrogen-bond donors (Lipinski definition) is 0. The summed E-state index contributed by atoms with van der Waals surface area (Å²) in [7, 11) is 1.92. The van der Waals surface area contributed by atoms with Gasteiger partial charge in [0.1, 0.15) is 5.82 Å². The van der Waals surface area contributed by atoms with Crippen LogP contribution in [-0.2, 0) is 4.74 Å². The molecule has 0 aromatic heterocycles. The molecule has 0 saturated carbocycles. The zero-order valence-corrected chi connectivity index (χ0v) is 11.3. The molecule has 1 aromatic rings. The van der Waals surface area contributed by atoms with Crippen LogP contribution in [0.1, 0.15) is 23.2 Å². The van der Waals surface area contributed by atoms with E-state index in [9.17, 15) is 9.18 Å². The predicted molar refractivity (Wildman–Crippen MR) is 71.8 cm³/mol. The average Bonchev–Trinajstić information content (AvgIpc) is 2.39. The van der Waals surface area contributed by atoms with Gasteiger partial charge in [-0.05, 0) is 37.9 Å². The van der Waals surface area contributed by atoms with Crippen LogP contribution in [0.5, 0.6) is 0 Å². The first-order chi connectivity index (χ1) is 9.15. The number of nitrogens with zero attached hydrogens (tertiary/aromatic N) is 1. The summed E-state index contributed by atoms with van der Waals surface area (Å²) >= 11 is 0. The molecule has 0 aliphatic carbocycles. The Hall–Kier alpha value is -1.26. The Morgan fingerprint density at radius 1 is 1.53 bits per heavy atom. The molecular formula is C15H20FNO2. The minimum atomic E-state index is -0.366. The van der Waals surface area contributed by atoms with Crippen LogP contribution >= 0.6 is 0 Å². The summed E-state index contributed by atoms with van der Waals surface area (Å²) in [6.07, 6.45) is 2.24. The van der Waals surface area contributed by atoms with Gasteiger partial charge in [-0.1, -0.05) is 12.1 Å². The number of carbonyl (C=O) groups is 1. The van der Waals surface area contributed by atoms with Crippen molar-refractivity contribution in [2.75, 3.05) is 33.4 Å². The smallest absolute Gasteiger partial charge is 0.176 e. The molecule has 1 fully saturated rings. The molecule has 0 amide bonds. The highest BCUT2D eigenvalue weighted by molar-refractivity contribution is 5.97. The van der Waals surface area contributed by atoms with Crippen LogP contribution < -0.4 is 0 Å². The lowest BCUT2D eigenvalue weighted by Gasteiger charge is -2.26. The lowest BCUT2D eigenvalue weighted by molar-refractivity contribution is 0.0416. The van der Waals surface area contributed by atoms with Crippen molar-refractivity contribution >= 4 is 5.78 Å². The predicted octanol–water partition coefficient (Wildman–Crippen LogP) is 2.37. The lowest BCUT2D eigenvalue weighted by atomic mass is 10.0. The van der Waals surface area contributed by atoms with E-state index in [0.717, 1.165) is 32.6 Å². The molecule has 1 atom stereocenters. The van der Waals surface area contributed by atoms with E-state index in [1.165, 1.54) is 12.1 Å². The highest BCUT2D eigenvalue weighted by Gasteiger charge is 2.17. The second-order valence-corrected chi connectivity index (χ2v) is 5.21. The highest BCUT2D eigenvalue weighted by atomic mass is 19.1. The molecule has 0 bridgehead atoms. The van der Waals surface area contributed by atoms with Crippen LogP contribution in [0.4, 0.5) is 4.39 Å². The summed E-state index contributed by atoms with van der Waals surface area (Å²) in [6, 6.07) is 5.86. The zero-order chi connectivity index (χ0) is 13.7. The Labute approximate surface area is 113 Å². The number of benzene rings is 1. The van der Waals surface area contributed by atoms with Crippen molar-refractivity contribution in [1.29, 1.82) is 0 Å². The summed E-state index contributed by atoms with van der Waals surface area (Å²) in [6.45, 7) is 2.79. The zero-order valence-electron chi connectivity index (χ0n) is 11.3. The quantitative estimate of drug-likeness (QED) is 0.765. The summed E-state index contributed by atoms with van der Waals surface area (Å²) in [5, 5.41) is 0. The maximum Gasteiger partial charge on any atom is 0.176 e. The molecule has 3 nitrogen and oxygen atoms in total. The molecule has 1 saturated heterocycles. The molecular weight excluding hydrogens is 245 g/mol. The summed E-state index contributed by atoms with van der Waals surface area (Å²) in [4.78, 5) is 14.0. The van der Waals surface area contributed by atoms with Crippen LogP contribution in [0.15, 0.2) is 24.3 Å². The van der Waals surface area contributed by atoms with Crippen molar-refractivity contribution in [2.45, 2.75) is 12.8 Å². The van der Waals surface area contributed by atoms with Crippen molar-refractivity contribution < 1.29 is 13.9 Å². The molecule has 1 aliphatic rings. The molecule has 104 valence electrons. The van der Waals surface area contributed by atoms with Gasteiger partial charge in [-0.15, -0.1) is 0 Å². The maximum atomic E-state index is 13.1. The normalized spacial score (nSPS) is 19.6. The number of Topliss-reactive ketones (excluding diaryl/α,β-unsaturated/α-hetero) is 1. The fraction of sp³-hybridized carbons (Fsp3) is 0.533. The molecule has 19 heavy (non-hydrogen) atoms. The molecule has 0 radical (unpaired) electrons. The summed E-state index contributed by atoms with van der Waals surface area (Å²) in [5.74, 6) is 0.0898. The van der Waals surface area contributed by atoms with Crippen molar-refractivity contribution in [3.63, 3.8) is 0 Å². The minimum absolute atomic E-state index is 0.0428. The van der Waals surface area contributed by atoms with E-state index in [-0.39, 0.29) is 11.6 Å². The van der Waals surface area contributed by atoms with Crippen LogP contribution in [0.2, 0.25) is 0 Å². The van der Waals surface area contributed by atoms with Crippen molar-refractivity contribution in [1.82, 2.24) is 4.90 Å². The summed E-state index contributed by atoms with van der Waals surface area (Å²) < 4.78 is 18.5. The number of rotatable bonds is 5. The Balaban J connectivity index is 1.84. The number of halogens is 1. The van der Waals surface area contributed by atoms with E-state index < -0.39 is 0 Å². The first kappa shape index (κ1) is 14.2. The third kappa shape index (κ3) is 4.40. The highest BCUT2D eigenvalue weighted by Crippen LogP contribution is 2.14. The number of hydrogen-bond acceptors (Lipinski definition) is 3. The Morgan fingerprint density at radius 2 is 2.37 bits per heavy atom. The summed E-state index contributed by atoms with van der Waals surface area (Å²) in [5.41, 5.74) is 0.437. The van der Waals surface area contributed by atoms with Crippen molar-refractivity contribution in [2.24, 2.45) is 5.92 Å². The van der Waals surface area contributed by atoms with Gasteiger partial charge >= 0.3 is 0 Å². The van der Waals surface area contributed by atoms with E-state index in [1.54, 1.807) is 12.1 Å². The fourth-order valence-electron chi connectivity index (χ4n) is 2.46. The Bertz CT molecular complexity index is 430.